The Morgan fingerprint density at radius 2 is 1.71 bits per heavy atom. The van der Waals surface area contributed by atoms with E-state index < -0.39 is 0 Å². The highest BCUT2D eigenvalue weighted by Gasteiger charge is 2.23. The molecule has 0 radical (unpaired) electrons. The van der Waals surface area contributed by atoms with Crippen LogP contribution < -0.4 is 11.4 Å². The van der Waals surface area contributed by atoms with E-state index in [1.54, 1.807) is 11.4 Å². The van der Waals surface area contributed by atoms with Crippen LogP contribution in [0.5, 0.6) is 0 Å². The van der Waals surface area contributed by atoms with Gasteiger partial charge in [-0.15, -0.1) is 5.10 Å². The van der Waals surface area contributed by atoms with Gasteiger partial charge in [0.1, 0.15) is 22.8 Å². The number of nitrogens with two attached hydrogens (primary N) is 1. The molecule has 31 heavy (non-hydrogen) atoms. The minimum absolute atomic E-state index is 0.157. The molecule has 0 atom stereocenters. The molecule has 0 spiro atoms. The van der Waals surface area contributed by atoms with Crippen LogP contribution in [-0.2, 0) is 7.05 Å². The fourth-order valence-electron chi connectivity index (χ4n) is 4.04. The maximum Gasteiger partial charge on any atom is 0.335 e. The maximum absolute atomic E-state index is 13.1. The van der Waals surface area contributed by atoms with E-state index >= 15 is 0 Å². The lowest BCUT2D eigenvalue weighted by molar-refractivity contribution is 0.811. The number of anilines is 1. The summed E-state index contributed by atoms with van der Waals surface area (Å²) >= 11 is 0. The zero-order valence-corrected chi connectivity index (χ0v) is 16.3. The van der Waals surface area contributed by atoms with Crippen LogP contribution in [0.4, 0.5) is 5.82 Å². The first-order chi connectivity index (χ1) is 15.1. The van der Waals surface area contributed by atoms with Crippen LogP contribution in [0.25, 0.3) is 44.6 Å². The molecule has 0 bridgehead atoms. The Labute approximate surface area is 174 Å². The number of benzene rings is 2. The highest BCUT2D eigenvalue weighted by molar-refractivity contribution is 6.04. The molecule has 0 saturated carbocycles. The average Bonchev–Trinajstić information content (AvgIpc) is 3.37. The van der Waals surface area contributed by atoms with E-state index in [1.165, 1.54) is 9.08 Å². The van der Waals surface area contributed by atoms with E-state index in [9.17, 15) is 10.1 Å². The van der Waals surface area contributed by atoms with Crippen molar-refractivity contribution in [2.75, 3.05) is 5.73 Å². The normalized spacial score (nSPS) is 11.6. The molecular formula is C22H14N8O. The van der Waals surface area contributed by atoms with E-state index in [1.807, 2.05) is 54.6 Å². The zero-order chi connectivity index (χ0) is 21.3. The number of fused-ring (bicyclic) bond motifs is 7. The van der Waals surface area contributed by atoms with Crippen molar-refractivity contribution in [2.45, 2.75) is 0 Å². The molecule has 0 amide bonds. The smallest absolute Gasteiger partial charge is 0.335 e. The van der Waals surface area contributed by atoms with Crippen molar-refractivity contribution < 1.29 is 0 Å². The summed E-state index contributed by atoms with van der Waals surface area (Å²) in [5.74, 6) is 0.157. The predicted molar refractivity (Wildman–Crippen MR) is 117 cm³/mol. The Hall–Kier alpha value is -4.71. The molecular weight excluding hydrogens is 392 g/mol. The largest absolute Gasteiger partial charge is 0.382 e. The molecule has 2 N–H and O–H groups in total. The topological polar surface area (TPSA) is 119 Å². The molecule has 4 aromatic heterocycles. The van der Waals surface area contributed by atoms with Crippen molar-refractivity contribution in [1.29, 1.82) is 5.26 Å². The van der Waals surface area contributed by atoms with Gasteiger partial charge in [-0.2, -0.15) is 9.78 Å². The summed E-state index contributed by atoms with van der Waals surface area (Å²) in [5, 5.41) is 14.9. The Kier molecular flexibility index (Phi) is 3.27. The fourth-order valence-corrected chi connectivity index (χ4v) is 4.04. The van der Waals surface area contributed by atoms with E-state index in [2.05, 4.69) is 11.2 Å². The predicted octanol–water partition coefficient (Wildman–Crippen LogP) is 2.50. The van der Waals surface area contributed by atoms with Crippen molar-refractivity contribution >= 4 is 39.2 Å². The lowest BCUT2D eigenvalue weighted by Crippen LogP contribution is -2.24. The molecule has 0 aliphatic heterocycles. The summed E-state index contributed by atoms with van der Waals surface area (Å²) in [6.45, 7) is 0. The number of nitriles is 1. The molecule has 0 fully saturated rings. The molecule has 9 nitrogen and oxygen atoms in total. The summed E-state index contributed by atoms with van der Waals surface area (Å²) in [4.78, 5) is 22.6. The second kappa shape index (κ2) is 5.90. The zero-order valence-electron chi connectivity index (χ0n) is 16.3. The number of rotatable bonds is 1. The third-order valence-electron chi connectivity index (χ3n) is 5.52. The molecule has 6 aromatic rings. The monoisotopic (exact) mass is 406 g/mol. The van der Waals surface area contributed by atoms with Gasteiger partial charge < -0.3 is 5.73 Å². The van der Waals surface area contributed by atoms with Crippen molar-refractivity contribution in [2.24, 2.45) is 7.05 Å². The fraction of sp³-hybridized carbons (Fsp3) is 0.0455. The molecule has 4 heterocycles. The highest BCUT2D eigenvalue weighted by Crippen LogP contribution is 2.31. The van der Waals surface area contributed by atoms with E-state index in [0.29, 0.717) is 39.1 Å². The number of nitrogen functional groups attached to an aromatic ring is 1. The first-order valence-electron chi connectivity index (χ1n) is 9.53. The molecule has 9 heteroatoms. The molecule has 0 unspecified atom stereocenters. The third kappa shape index (κ3) is 2.13. The minimum atomic E-state index is -0.276. The van der Waals surface area contributed by atoms with Gasteiger partial charge in [0.15, 0.2) is 16.9 Å². The van der Waals surface area contributed by atoms with Gasteiger partial charge in [-0.25, -0.2) is 19.2 Å². The van der Waals surface area contributed by atoms with Crippen molar-refractivity contribution in [1.82, 2.24) is 28.5 Å². The summed E-state index contributed by atoms with van der Waals surface area (Å²) < 4.78 is 4.41. The molecule has 148 valence electrons. The van der Waals surface area contributed by atoms with Crippen molar-refractivity contribution in [3.05, 3.63) is 70.6 Å². The lowest BCUT2D eigenvalue weighted by atomic mass is 10.1. The second-order valence-corrected chi connectivity index (χ2v) is 7.23. The van der Waals surface area contributed by atoms with E-state index in [-0.39, 0.29) is 17.1 Å². The van der Waals surface area contributed by atoms with Crippen molar-refractivity contribution in [3.63, 3.8) is 0 Å². The molecule has 0 aliphatic carbocycles. The minimum Gasteiger partial charge on any atom is -0.382 e. The van der Waals surface area contributed by atoms with Gasteiger partial charge in [0.2, 0.25) is 0 Å². The van der Waals surface area contributed by atoms with Gasteiger partial charge in [-0.1, -0.05) is 42.5 Å². The quantitative estimate of drug-likeness (QED) is 0.448. The summed E-state index contributed by atoms with van der Waals surface area (Å²) in [5.41, 5.74) is 10.2. The van der Waals surface area contributed by atoms with Crippen LogP contribution in [0.3, 0.4) is 0 Å². The van der Waals surface area contributed by atoms with Crippen LogP contribution in [0.1, 0.15) is 5.56 Å². The molecule has 0 saturated heterocycles. The van der Waals surface area contributed by atoms with Crippen LogP contribution >= 0.6 is 0 Å². The number of aryl methyl sites for hydroxylation is 1. The Balaban J connectivity index is 1.89. The summed E-state index contributed by atoms with van der Waals surface area (Å²) in [7, 11) is 1.64. The summed E-state index contributed by atoms with van der Waals surface area (Å²) in [6.07, 6.45) is 0. The van der Waals surface area contributed by atoms with Gasteiger partial charge in [0.05, 0.1) is 16.7 Å². The number of imidazole rings is 1. The Morgan fingerprint density at radius 3 is 2.48 bits per heavy atom. The highest BCUT2D eigenvalue weighted by atomic mass is 16.1. The maximum atomic E-state index is 13.1. The average molecular weight is 406 g/mol. The van der Waals surface area contributed by atoms with Gasteiger partial charge in [0, 0.05) is 12.6 Å². The van der Waals surface area contributed by atoms with E-state index in [0.717, 1.165) is 5.56 Å². The van der Waals surface area contributed by atoms with Crippen LogP contribution in [-0.4, -0.2) is 28.5 Å². The standard InChI is InChI=1S/C22H14N8O/c1-28-21-16(19-25-14-9-5-6-10-15(14)29(19)22(28)31)20-26-17(12-7-3-2-4-8-12)13(11-23)18(24)30(20)27-21/h2-10H,24H2,1H3. The third-order valence-corrected chi connectivity index (χ3v) is 5.52. The Bertz CT molecular complexity index is 1780. The molecule has 2 aromatic carbocycles. The summed E-state index contributed by atoms with van der Waals surface area (Å²) in [6, 6.07) is 18.9. The second-order valence-electron chi connectivity index (χ2n) is 7.23. The van der Waals surface area contributed by atoms with Gasteiger partial charge in [0.25, 0.3) is 0 Å². The molecule has 6 rings (SSSR count). The van der Waals surface area contributed by atoms with Crippen LogP contribution in [0, 0.1) is 11.3 Å². The van der Waals surface area contributed by atoms with Crippen LogP contribution in [0.15, 0.2) is 59.4 Å². The number of aromatic nitrogens is 6. The first-order valence-corrected chi connectivity index (χ1v) is 9.53. The lowest BCUT2D eigenvalue weighted by Gasteiger charge is -2.08. The van der Waals surface area contributed by atoms with Gasteiger partial charge >= 0.3 is 5.69 Å². The van der Waals surface area contributed by atoms with Crippen LogP contribution in [0.2, 0.25) is 0 Å². The van der Waals surface area contributed by atoms with Gasteiger partial charge in [-0.3, -0.25) is 4.57 Å². The Morgan fingerprint density at radius 1 is 0.968 bits per heavy atom. The first kappa shape index (κ1) is 17.2. The van der Waals surface area contributed by atoms with Gasteiger partial charge in [-0.05, 0) is 12.1 Å². The number of nitrogens with zero attached hydrogens (tertiary/aromatic N) is 7. The SMILES string of the molecule is Cn1c(=O)n2c3ccccc3nc2c2c1nn1c(N)c(C#N)c(-c3ccccc3)nc21. The van der Waals surface area contributed by atoms with E-state index in [4.69, 9.17) is 15.7 Å². The number of hydrogen-bond acceptors (Lipinski definition) is 6. The molecule has 0 aliphatic rings. The van der Waals surface area contributed by atoms with Crippen molar-refractivity contribution in [3.8, 4) is 17.3 Å². The number of hydrogen-bond donors (Lipinski definition) is 1. The number of para-hydroxylation sites is 2.